The van der Waals surface area contributed by atoms with E-state index in [4.69, 9.17) is 0 Å². The molecular weight excluding hydrogens is 380 g/mol. The van der Waals surface area contributed by atoms with Gasteiger partial charge in [0.15, 0.2) is 0 Å². The van der Waals surface area contributed by atoms with Gasteiger partial charge < -0.3 is 10.2 Å². The van der Waals surface area contributed by atoms with Crippen LogP contribution in [0.1, 0.15) is 68.3 Å². The van der Waals surface area contributed by atoms with E-state index >= 15 is 0 Å². The van der Waals surface area contributed by atoms with Crippen LogP contribution in [0.25, 0.3) is 5.78 Å². The summed E-state index contributed by atoms with van der Waals surface area (Å²) in [7, 11) is 0. The smallest absolute Gasteiger partial charge is 0.252 e. The molecule has 0 radical (unpaired) electrons. The number of nitrogens with zero attached hydrogens (tertiary/aromatic N) is 5. The number of hydrogen-bond acceptors (Lipinski definition) is 5. The first-order chi connectivity index (χ1) is 14.5. The van der Waals surface area contributed by atoms with Crippen molar-refractivity contribution in [2.45, 2.75) is 77.7 Å². The highest BCUT2D eigenvalue weighted by atomic mass is 16.2. The van der Waals surface area contributed by atoms with Crippen LogP contribution in [-0.4, -0.2) is 55.4 Å². The second kappa shape index (κ2) is 9.10. The summed E-state index contributed by atoms with van der Waals surface area (Å²) in [6.45, 7) is 5.22. The molecule has 162 valence electrons. The number of nitrogens with one attached hydrogen (secondary N) is 1. The molecule has 2 amide bonds. The van der Waals surface area contributed by atoms with Gasteiger partial charge in [0.05, 0.1) is 5.92 Å². The zero-order valence-electron chi connectivity index (χ0n) is 18.1. The van der Waals surface area contributed by atoms with Crippen molar-refractivity contribution in [2.24, 2.45) is 5.92 Å². The summed E-state index contributed by atoms with van der Waals surface area (Å²) in [5, 5.41) is 7.45. The first-order valence-electron chi connectivity index (χ1n) is 11.3. The Kier molecular flexibility index (Phi) is 6.29. The lowest BCUT2D eigenvalue weighted by molar-refractivity contribution is -0.136. The molecule has 30 heavy (non-hydrogen) atoms. The Morgan fingerprint density at radius 3 is 2.73 bits per heavy atom. The van der Waals surface area contributed by atoms with Crippen molar-refractivity contribution in [2.75, 3.05) is 13.1 Å². The molecule has 2 aliphatic rings. The van der Waals surface area contributed by atoms with Gasteiger partial charge >= 0.3 is 0 Å². The molecule has 0 bridgehead atoms. The van der Waals surface area contributed by atoms with Crippen LogP contribution in [0.4, 0.5) is 0 Å². The van der Waals surface area contributed by atoms with Crippen molar-refractivity contribution in [3.8, 4) is 0 Å². The first kappa shape index (κ1) is 20.8. The van der Waals surface area contributed by atoms with Gasteiger partial charge in [0, 0.05) is 36.9 Å². The van der Waals surface area contributed by atoms with E-state index < -0.39 is 0 Å². The van der Waals surface area contributed by atoms with E-state index in [9.17, 15) is 9.59 Å². The van der Waals surface area contributed by atoms with Crippen molar-refractivity contribution in [3.63, 3.8) is 0 Å². The largest absolute Gasteiger partial charge is 0.353 e. The van der Waals surface area contributed by atoms with Crippen molar-refractivity contribution in [1.82, 2.24) is 29.8 Å². The number of piperidine rings is 1. The van der Waals surface area contributed by atoms with E-state index in [2.05, 4.69) is 20.4 Å². The van der Waals surface area contributed by atoms with Gasteiger partial charge in [-0.05, 0) is 51.5 Å². The van der Waals surface area contributed by atoms with Gasteiger partial charge in [0.2, 0.25) is 11.8 Å². The summed E-state index contributed by atoms with van der Waals surface area (Å²) in [5.74, 6) is 0.749. The Morgan fingerprint density at radius 1 is 1.13 bits per heavy atom. The number of carbonyl (C=O) groups is 2. The zero-order valence-corrected chi connectivity index (χ0v) is 18.1. The molecule has 1 atom stereocenters. The van der Waals surface area contributed by atoms with E-state index in [1.807, 2.05) is 18.7 Å². The number of aryl methyl sites for hydroxylation is 2. The summed E-state index contributed by atoms with van der Waals surface area (Å²) in [5.41, 5.74) is 2.92. The van der Waals surface area contributed by atoms with Crippen LogP contribution < -0.4 is 5.32 Å². The molecule has 1 saturated heterocycles. The van der Waals surface area contributed by atoms with Crippen LogP contribution in [0.2, 0.25) is 0 Å². The quantitative estimate of drug-likeness (QED) is 0.814. The van der Waals surface area contributed by atoms with Gasteiger partial charge in [0.1, 0.15) is 6.33 Å². The maximum absolute atomic E-state index is 12.9. The molecule has 2 aromatic rings. The van der Waals surface area contributed by atoms with E-state index in [0.29, 0.717) is 31.2 Å². The summed E-state index contributed by atoms with van der Waals surface area (Å²) < 4.78 is 1.72. The van der Waals surface area contributed by atoms with Crippen LogP contribution in [0, 0.1) is 19.8 Å². The summed E-state index contributed by atoms with van der Waals surface area (Å²) in [4.78, 5) is 36.1. The van der Waals surface area contributed by atoms with Crippen molar-refractivity contribution >= 4 is 17.6 Å². The minimum Gasteiger partial charge on any atom is -0.353 e. The van der Waals surface area contributed by atoms with Gasteiger partial charge in [-0.1, -0.05) is 19.3 Å². The van der Waals surface area contributed by atoms with Gasteiger partial charge in [-0.3, -0.25) is 9.59 Å². The SMILES string of the molecule is Cc1nc2ncnn2c(C)c1CCC(=O)N1CCC[C@H](C(=O)NC2CCCCC2)C1. The van der Waals surface area contributed by atoms with Gasteiger partial charge in [0.25, 0.3) is 5.78 Å². The molecule has 1 aliphatic carbocycles. The number of amides is 2. The molecule has 3 heterocycles. The third-order valence-corrected chi connectivity index (χ3v) is 6.67. The minimum absolute atomic E-state index is 0.0822. The average Bonchev–Trinajstić information content (AvgIpc) is 3.23. The number of hydrogen-bond donors (Lipinski definition) is 1. The molecule has 0 unspecified atom stereocenters. The van der Waals surface area contributed by atoms with Crippen LogP contribution in [-0.2, 0) is 16.0 Å². The fourth-order valence-electron chi connectivity index (χ4n) is 4.89. The van der Waals surface area contributed by atoms with Crippen molar-refractivity contribution < 1.29 is 9.59 Å². The number of fused-ring (bicyclic) bond motifs is 1. The van der Waals surface area contributed by atoms with Crippen molar-refractivity contribution in [1.29, 1.82) is 0 Å². The molecule has 2 fully saturated rings. The number of aromatic nitrogens is 4. The molecule has 0 spiro atoms. The normalized spacial score (nSPS) is 20.5. The third-order valence-electron chi connectivity index (χ3n) is 6.67. The Bertz CT molecular complexity index is 918. The Morgan fingerprint density at radius 2 is 1.93 bits per heavy atom. The van der Waals surface area contributed by atoms with Crippen LogP contribution in [0.3, 0.4) is 0 Å². The maximum Gasteiger partial charge on any atom is 0.252 e. The lowest BCUT2D eigenvalue weighted by Crippen LogP contribution is -2.48. The van der Waals surface area contributed by atoms with Crippen LogP contribution in [0.5, 0.6) is 0 Å². The summed E-state index contributed by atoms with van der Waals surface area (Å²) in [6.07, 6.45) is 10.1. The molecule has 8 nitrogen and oxygen atoms in total. The Labute approximate surface area is 177 Å². The fraction of sp³-hybridized carbons (Fsp3) is 0.682. The number of carbonyl (C=O) groups excluding carboxylic acids is 2. The molecule has 2 aromatic heterocycles. The highest BCUT2D eigenvalue weighted by Crippen LogP contribution is 2.22. The number of likely N-dealkylation sites (tertiary alicyclic amines) is 1. The van der Waals surface area contributed by atoms with Gasteiger partial charge in [-0.2, -0.15) is 10.1 Å². The zero-order chi connectivity index (χ0) is 21.1. The highest BCUT2D eigenvalue weighted by Gasteiger charge is 2.29. The third kappa shape index (κ3) is 4.47. The van der Waals surface area contributed by atoms with Crippen LogP contribution in [0.15, 0.2) is 6.33 Å². The number of rotatable bonds is 5. The highest BCUT2D eigenvalue weighted by molar-refractivity contribution is 5.81. The lowest BCUT2D eigenvalue weighted by atomic mass is 9.93. The molecule has 8 heteroatoms. The molecular formula is C22H32N6O2. The maximum atomic E-state index is 12.9. The van der Waals surface area contributed by atoms with Gasteiger partial charge in [-0.15, -0.1) is 0 Å². The fourth-order valence-corrected chi connectivity index (χ4v) is 4.89. The second-order valence-corrected chi connectivity index (χ2v) is 8.76. The molecule has 1 saturated carbocycles. The summed E-state index contributed by atoms with van der Waals surface area (Å²) >= 11 is 0. The monoisotopic (exact) mass is 412 g/mol. The Balaban J connectivity index is 1.34. The van der Waals surface area contributed by atoms with Crippen LogP contribution >= 0.6 is 0 Å². The predicted molar refractivity (Wildman–Crippen MR) is 113 cm³/mol. The average molecular weight is 413 g/mol. The summed E-state index contributed by atoms with van der Waals surface area (Å²) in [6, 6.07) is 0.322. The van der Waals surface area contributed by atoms with E-state index in [1.54, 1.807) is 4.52 Å². The molecule has 1 N–H and O–H groups in total. The first-order valence-corrected chi connectivity index (χ1v) is 11.3. The molecule has 4 rings (SSSR count). The second-order valence-electron chi connectivity index (χ2n) is 8.76. The van der Waals surface area contributed by atoms with E-state index in [1.165, 1.54) is 25.6 Å². The van der Waals surface area contributed by atoms with E-state index in [0.717, 1.165) is 49.2 Å². The van der Waals surface area contributed by atoms with Crippen molar-refractivity contribution in [3.05, 3.63) is 23.3 Å². The molecule has 0 aromatic carbocycles. The topological polar surface area (TPSA) is 92.5 Å². The molecule has 1 aliphatic heterocycles. The predicted octanol–water partition coefficient (Wildman–Crippen LogP) is 2.36. The lowest BCUT2D eigenvalue weighted by Gasteiger charge is -2.33. The Hall–Kier alpha value is -2.51. The minimum atomic E-state index is -0.0822. The standard InChI is InChI=1S/C22H32N6O2/c1-15-19(16(2)28-22(25-15)23-14-24-28)10-11-20(29)27-12-6-7-17(13-27)21(30)26-18-8-4-3-5-9-18/h14,17-18H,3-13H2,1-2H3,(H,26,30)/t17-/m0/s1. The van der Waals surface area contributed by atoms with Gasteiger partial charge in [-0.25, -0.2) is 9.50 Å². The van der Waals surface area contributed by atoms with E-state index in [-0.39, 0.29) is 17.7 Å².